The quantitative estimate of drug-likeness (QED) is 0.249. The van der Waals surface area contributed by atoms with Crippen LogP contribution in [0, 0.1) is 12.8 Å². The number of aryl methyl sites for hydroxylation is 1. The SMILES string of the molecule is Cc1c(Cc2ccccc2)c(=O)oc2cc(OCC(=O)NCCCCCC(=O)N3CC[C@@]4(O)CCCC[C@H]4C3)ccc12. The van der Waals surface area contributed by atoms with Gasteiger partial charge in [0.25, 0.3) is 5.91 Å². The van der Waals surface area contributed by atoms with Crippen LogP contribution in [0.5, 0.6) is 5.75 Å². The number of likely N-dealkylation sites (tertiary alicyclic amines) is 1. The van der Waals surface area contributed by atoms with Crippen molar-refractivity contribution in [3.63, 3.8) is 0 Å². The first-order valence-electron chi connectivity index (χ1n) is 15.3. The maximum Gasteiger partial charge on any atom is 0.340 e. The normalized spacial score (nSPS) is 20.2. The van der Waals surface area contributed by atoms with Gasteiger partial charge in [-0.1, -0.05) is 49.6 Å². The van der Waals surface area contributed by atoms with Gasteiger partial charge in [0.05, 0.1) is 5.60 Å². The monoisotopic (exact) mass is 574 g/mol. The Bertz CT molecular complexity index is 1450. The number of nitrogens with one attached hydrogen (secondary N) is 1. The van der Waals surface area contributed by atoms with E-state index < -0.39 is 5.60 Å². The van der Waals surface area contributed by atoms with E-state index in [4.69, 9.17) is 9.15 Å². The molecule has 8 heteroatoms. The van der Waals surface area contributed by atoms with Crippen LogP contribution in [-0.2, 0) is 16.0 Å². The van der Waals surface area contributed by atoms with E-state index in [1.54, 1.807) is 12.1 Å². The highest BCUT2D eigenvalue weighted by Crippen LogP contribution is 2.40. The summed E-state index contributed by atoms with van der Waals surface area (Å²) < 4.78 is 11.3. The highest BCUT2D eigenvalue weighted by molar-refractivity contribution is 5.83. The molecule has 1 aliphatic heterocycles. The highest BCUT2D eigenvalue weighted by Gasteiger charge is 2.43. The topological polar surface area (TPSA) is 109 Å². The number of carbonyl (C=O) groups is 2. The molecule has 0 bridgehead atoms. The predicted molar refractivity (Wildman–Crippen MR) is 162 cm³/mol. The minimum Gasteiger partial charge on any atom is -0.484 e. The lowest BCUT2D eigenvalue weighted by Crippen LogP contribution is -2.54. The number of ether oxygens (including phenoxy) is 1. The highest BCUT2D eigenvalue weighted by atomic mass is 16.5. The van der Waals surface area contributed by atoms with Crippen molar-refractivity contribution >= 4 is 22.8 Å². The van der Waals surface area contributed by atoms with E-state index in [9.17, 15) is 19.5 Å². The second-order valence-electron chi connectivity index (χ2n) is 11.9. The maximum atomic E-state index is 12.7. The summed E-state index contributed by atoms with van der Waals surface area (Å²) in [5, 5.41) is 14.5. The minimum absolute atomic E-state index is 0.137. The fourth-order valence-electron chi connectivity index (χ4n) is 6.43. The molecule has 2 aromatic carbocycles. The lowest BCUT2D eigenvalue weighted by atomic mass is 9.71. The Morgan fingerprint density at radius 1 is 1.10 bits per heavy atom. The summed E-state index contributed by atoms with van der Waals surface area (Å²) in [6, 6.07) is 15.1. The summed E-state index contributed by atoms with van der Waals surface area (Å²) in [5.74, 6) is 0.625. The van der Waals surface area contributed by atoms with Gasteiger partial charge in [-0.3, -0.25) is 9.59 Å². The average Bonchev–Trinajstić information content (AvgIpc) is 2.99. The number of hydrogen-bond donors (Lipinski definition) is 2. The Hall–Kier alpha value is -3.65. The predicted octanol–water partition coefficient (Wildman–Crippen LogP) is 4.90. The van der Waals surface area contributed by atoms with Crippen molar-refractivity contribution in [1.29, 1.82) is 0 Å². The number of nitrogens with zero attached hydrogens (tertiary/aromatic N) is 1. The molecule has 1 saturated carbocycles. The molecule has 2 heterocycles. The Morgan fingerprint density at radius 3 is 2.76 bits per heavy atom. The zero-order valence-electron chi connectivity index (χ0n) is 24.5. The fraction of sp³-hybridized carbons (Fsp3) is 0.500. The minimum atomic E-state index is -0.563. The van der Waals surface area contributed by atoms with Crippen LogP contribution in [0.1, 0.15) is 74.5 Å². The number of amides is 2. The first-order valence-corrected chi connectivity index (χ1v) is 15.3. The van der Waals surface area contributed by atoms with E-state index in [1.807, 2.05) is 48.2 Å². The molecule has 42 heavy (non-hydrogen) atoms. The van der Waals surface area contributed by atoms with E-state index in [0.717, 1.165) is 61.5 Å². The molecule has 1 aromatic heterocycles. The molecule has 5 rings (SSSR count). The van der Waals surface area contributed by atoms with Gasteiger partial charge in [-0.05, 0) is 62.3 Å². The van der Waals surface area contributed by atoms with Crippen molar-refractivity contribution in [2.24, 2.45) is 5.92 Å². The summed E-state index contributed by atoms with van der Waals surface area (Å²) >= 11 is 0. The summed E-state index contributed by atoms with van der Waals surface area (Å²) in [4.78, 5) is 39.6. The lowest BCUT2D eigenvalue weighted by molar-refractivity contribution is -0.143. The standard InChI is InChI=1S/C34H42N2O6/c1-24-28-15-14-27(21-30(28)42-33(39)29(24)20-25-10-4-2-5-11-25)41-23-31(37)35-18-9-3-6-13-32(38)36-19-17-34(40)16-8-7-12-26(34)22-36/h2,4-5,10-11,14-15,21,26,40H,3,6-9,12-13,16-20,22-23H2,1H3,(H,35,37)/t26-,34-/m0/s1. The van der Waals surface area contributed by atoms with Gasteiger partial charge in [-0.15, -0.1) is 0 Å². The Balaban J connectivity index is 1.01. The van der Waals surface area contributed by atoms with Gasteiger partial charge in [0.2, 0.25) is 5.91 Å². The molecule has 1 aliphatic carbocycles. The van der Waals surface area contributed by atoms with E-state index >= 15 is 0 Å². The number of aliphatic hydroxyl groups is 1. The van der Waals surface area contributed by atoms with Gasteiger partial charge < -0.3 is 24.5 Å². The van der Waals surface area contributed by atoms with Gasteiger partial charge in [-0.25, -0.2) is 4.79 Å². The van der Waals surface area contributed by atoms with Gasteiger partial charge in [-0.2, -0.15) is 0 Å². The van der Waals surface area contributed by atoms with Gasteiger partial charge >= 0.3 is 5.63 Å². The van der Waals surface area contributed by atoms with Crippen LogP contribution in [0.4, 0.5) is 0 Å². The number of piperidine rings is 1. The maximum absolute atomic E-state index is 12.7. The number of fused-ring (bicyclic) bond motifs is 2. The number of benzene rings is 2. The van der Waals surface area contributed by atoms with Crippen molar-refractivity contribution in [2.75, 3.05) is 26.2 Å². The Labute approximate surface area is 247 Å². The van der Waals surface area contributed by atoms with Crippen molar-refractivity contribution in [3.05, 3.63) is 75.6 Å². The molecular weight excluding hydrogens is 532 g/mol. The average molecular weight is 575 g/mol. The van der Waals surface area contributed by atoms with Crippen molar-refractivity contribution in [2.45, 2.75) is 76.7 Å². The summed E-state index contributed by atoms with van der Waals surface area (Å²) in [6.07, 6.45) is 8.23. The summed E-state index contributed by atoms with van der Waals surface area (Å²) in [7, 11) is 0. The number of carbonyl (C=O) groups excluding carboxylic acids is 2. The van der Waals surface area contributed by atoms with E-state index in [1.165, 1.54) is 0 Å². The molecule has 8 nitrogen and oxygen atoms in total. The zero-order chi connectivity index (χ0) is 29.5. The molecule has 0 spiro atoms. The molecule has 3 aromatic rings. The molecule has 224 valence electrons. The molecular formula is C34H42N2O6. The summed E-state index contributed by atoms with van der Waals surface area (Å²) in [6.45, 7) is 3.64. The third-order valence-electron chi connectivity index (χ3n) is 9.02. The van der Waals surface area contributed by atoms with E-state index in [2.05, 4.69) is 5.32 Å². The molecule has 2 N–H and O–H groups in total. The zero-order valence-corrected chi connectivity index (χ0v) is 24.5. The molecule has 2 aliphatic rings. The van der Waals surface area contributed by atoms with Gasteiger partial charge in [0.15, 0.2) is 6.61 Å². The van der Waals surface area contributed by atoms with Crippen LogP contribution in [0.25, 0.3) is 11.0 Å². The second kappa shape index (κ2) is 13.6. The van der Waals surface area contributed by atoms with Crippen LogP contribution in [0.2, 0.25) is 0 Å². The smallest absolute Gasteiger partial charge is 0.340 e. The van der Waals surface area contributed by atoms with Gasteiger partial charge in [0.1, 0.15) is 11.3 Å². The third kappa shape index (κ3) is 7.21. The molecule has 0 radical (unpaired) electrons. The molecule has 1 saturated heterocycles. The molecule has 2 fully saturated rings. The number of hydrogen-bond acceptors (Lipinski definition) is 6. The van der Waals surface area contributed by atoms with Crippen LogP contribution in [0.3, 0.4) is 0 Å². The molecule has 2 amide bonds. The number of rotatable bonds is 11. The van der Waals surface area contributed by atoms with E-state index in [-0.39, 0.29) is 30.0 Å². The summed E-state index contributed by atoms with van der Waals surface area (Å²) in [5.41, 5.74) is 2.06. The van der Waals surface area contributed by atoms with Crippen molar-refractivity contribution in [1.82, 2.24) is 10.2 Å². The van der Waals surface area contributed by atoms with Crippen molar-refractivity contribution < 1.29 is 23.8 Å². The number of unbranched alkanes of at least 4 members (excludes halogenated alkanes) is 2. The third-order valence-corrected chi connectivity index (χ3v) is 9.02. The van der Waals surface area contributed by atoms with E-state index in [0.29, 0.717) is 55.8 Å². The van der Waals surface area contributed by atoms with Gasteiger partial charge in [0, 0.05) is 55.4 Å². The Kier molecular flexibility index (Phi) is 9.62. The van der Waals surface area contributed by atoms with Crippen LogP contribution >= 0.6 is 0 Å². The lowest BCUT2D eigenvalue weighted by Gasteiger charge is -2.47. The molecule has 0 unspecified atom stereocenters. The first-order chi connectivity index (χ1) is 20.3. The fourth-order valence-corrected chi connectivity index (χ4v) is 6.43. The van der Waals surface area contributed by atoms with Crippen LogP contribution in [-0.4, -0.2) is 53.7 Å². The Morgan fingerprint density at radius 2 is 1.93 bits per heavy atom. The van der Waals surface area contributed by atoms with Crippen molar-refractivity contribution in [3.8, 4) is 5.75 Å². The van der Waals surface area contributed by atoms with Crippen LogP contribution in [0.15, 0.2) is 57.7 Å². The molecule has 2 atom stereocenters. The van der Waals surface area contributed by atoms with Crippen LogP contribution < -0.4 is 15.7 Å². The largest absolute Gasteiger partial charge is 0.484 e. The second-order valence-corrected chi connectivity index (χ2v) is 11.9. The first kappa shape index (κ1) is 29.8.